The molecule has 1 aromatic rings. The van der Waals surface area contributed by atoms with E-state index in [0.717, 1.165) is 25.1 Å². The largest absolute Gasteiger partial charge is 0.389 e. The fourth-order valence-corrected chi connectivity index (χ4v) is 3.66. The molecule has 7 heteroatoms. The number of hydrogen-bond donors (Lipinski definition) is 3. The van der Waals surface area contributed by atoms with E-state index in [1.165, 1.54) is 0 Å². The van der Waals surface area contributed by atoms with Gasteiger partial charge in [0.25, 0.3) is 0 Å². The van der Waals surface area contributed by atoms with Crippen LogP contribution in [0.2, 0.25) is 0 Å². The molecule has 0 aromatic carbocycles. The molecule has 24 heavy (non-hydrogen) atoms. The maximum Gasteiger partial charge on any atom is 0.222 e. The lowest BCUT2D eigenvalue weighted by Crippen LogP contribution is -2.47. The lowest BCUT2D eigenvalue weighted by atomic mass is 9.82. The summed E-state index contributed by atoms with van der Waals surface area (Å²) in [5.74, 6) is 0.544. The lowest BCUT2D eigenvalue weighted by Gasteiger charge is -2.32. The van der Waals surface area contributed by atoms with E-state index in [4.69, 9.17) is 0 Å². The average molecular weight is 334 g/mol. The maximum atomic E-state index is 12.1. The molecule has 1 unspecified atom stereocenters. The van der Waals surface area contributed by atoms with Crippen molar-refractivity contribution in [3.63, 3.8) is 0 Å². The highest BCUT2D eigenvalue weighted by molar-refractivity contribution is 5.77. The summed E-state index contributed by atoms with van der Waals surface area (Å²) in [6.07, 6.45) is 10.0. The van der Waals surface area contributed by atoms with E-state index in [1.54, 1.807) is 18.6 Å². The van der Waals surface area contributed by atoms with Crippen molar-refractivity contribution in [2.24, 2.45) is 0 Å². The SMILES string of the molecule is O=C(CC1(O)CCCCC1)NCC1(O)CCN(c2cnccn2)C1. The van der Waals surface area contributed by atoms with Crippen molar-refractivity contribution in [3.8, 4) is 0 Å². The lowest BCUT2D eigenvalue weighted by molar-refractivity contribution is -0.128. The van der Waals surface area contributed by atoms with Crippen molar-refractivity contribution in [3.05, 3.63) is 18.6 Å². The van der Waals surface area contributed by atoms with Crippen LogP contribution in [0.25, 0.3) is 0 Å². The molecule has 2 fully saturated rings. The second-order valence-electron chi connectivity index (χ2n) is 7.20. The number of rotatable bonds is 5. The third-order valence-corrected chi connectivity index (χ3v) is 5.09. The normalized spacial score (nSPS) is 26.3. The van der Waals surface area contributed by atoms with Gasteiger partial charge in [-0.25, -0.2) is 4.98 Å². The van der Waals surface area contributed by atoms with Gasteiger partial charge >= 0.3 is 0 Å². The van der Waals surface area contributed by atoms with Crippen LogP contribution in [-0.4, -0.2) is 56.9 Å². The van der Waals surface area contributed by atoms with Gasteiger partial charge < -0.3 is 20.4 Å². The summed E-state index contributed by atoms with van der Waals surface area (Å²) in [6, 6.07) is 0. The summed E-state index contributed by atoms with van der Waals surface area (Å²) in [5.41, 5.74) is -1.84. The molecule has 7 nitrogen and oxygen atoms in total. The van der Waals surface area contributed by atoms with Gasteiger partial charge in [-0.2, -0.15) is 0 Å². The van der Waals surface area contributed by atoms with Crippen molar-refractivity contribution >= 4 is 11.7 Å². The third-order valence-electron chi connectivity index (χ3n) is 5.09. The van der Waals surface area contributed by atoms with Crippen molar-refractivity contribution in [1.82, 2.24) is 15.3 Å². The Kier molecular flexibility index (Phi) is 5.01. The number of carbonyl (C=O) groups excluding carboxylic acids is 1. The molecule has 1 atom stereocenters. The van der Waals surface area contributed by atoms with Gasteiger partial charge in [0.2, 0.25) is 5.91 Å². The maximum absolute atomic E-state index is 12.1. The molecule has 1 aromatic heterocycles. The van der Waals surface area contributed by atoms with Crippen LogP contribution in [-0.2, 0) is 4.79 Å². The van der Waals surface area contributed by atoms with Gasteiger partial charge in [0.1, 0.15) is 11.4 Å². The first-order chi connectivity index (χ1) is 11.5. The Balaban J connectivity index is 1.48. The summed E-state index contributed by atoms with van der Waals surface area (Å²) in [4.78, 5) is 22.4. The number of carbonyl (C=O) groups is 1. The Morgan fingerprint density at radius 1 is 1.17 bits per heavy atom. The number of aliphatic hydroxyl groups is 2. The zero-order chi connectivity index (χ0) is 17.0. The molecular weight excluding hydrogens is 308 g/mol. The Hall–Kier alpha value is -1.73. The van der Waals surface area contributed by atoms with E-state index < -0.39 is 11.2 Å². The topological polar surface area (TPSA) is 98.6 Å². The summed E-state index contributed by atoms with van der Waals surface area (Å²) < 4.78 is 0. The molecule has 1 aliphatic heterocycles. The summed E-state index contributed by atoms with van der Waals surface area (Å²) in [5, 5.41) is 23.9. The fraction of sp³-hybridized carbons (Fsp3) is 0.706. The second kappa shape index (κ2) is 7.03. The molecule has 0 spiro atoms. The first kappa shape index (κ1) is 17.1. The first-order valence-electron chi connectivity index (χ1n) is 8.71. The summed E-state index contributed by atoms with van der Waals surface area (Å²) in [6.45, 7) is 1.28. The molecule has 1 saturated carbocycles. The monoisotopic (exact) mass is 334 g/mol. The van der Waals surface area contributed by atoms with Crippen LogP contribution >= 0.6 is 0 Å². The smallest absolute Gasteiger partial charge is 0.222 e. The van der Waals surface area contributed by atoms with Crippen molar-refractivity contribution in [1.29, 1.82) is 0 Å². The van der Waals surface area contributed by atoms with Gasteiger partial charge in [0, 0.05) is 32.0 Å². The van der Waals surface area contributed by atoms with Crippen LogP contribution in [0.1, 0.15) is 44.9 Å². The van der Waals surface area contributed by atoms with Gasteiger partial charge in [-0.1, -0.05) is 19.3 Å². The van der Waals surface area contributed by atoms with E-state index in [-0.39, 0.29) is 18.9 Å². The number of anilines is 1. The van der Waals surface area contributed by atoms with Gasteiger partial charge in [-0.15, -0.1) is 0 Å². The quantitative estimate of drug-likeness (QED) is 0.730. The number of nitrogens with zero attached hydrogens (tertiary/aromatic N) is 3. The molecule has 1 amide bonds. The third kappa shape index (κ3) is 4.21. The highest BCUT2D eigenvalue weighted by Gasteiger charge is 2.38. The highest BCUT2D eigenvalue weighted by Crippen LogP contribution is 2.31. The molecule has 1 aliphatic carbocycles. The summed E-state index contributed by atoms with van der Waals surface area (Å²) in [7, 11) is 0. The number of amides is 1. The Morgan fingerprint density at radius 2 is 1.96 bits per heavy atom. The molecule has 132 valence electrons. The molecular formula is C17H26N4O3. The van der Waals surface area contributed by atoms with Crippen LogP contribution in [0.5, 0.6) is 0 Å². The Bertz CT molecular complexity index is 562. The van der Waals surface area contributed by atoms with E-state index in [2.05, 4.69) is 15.3 Å². The molecule has 3 rings (SSSR count). The van der Waals surface area contributed by atoms with E-state index in [1.807, 2.05) is 4.90 Å². The fourth-order valence-electron chi connectivity index (χ4n) is 3.66. The van der Waals surface area contributed by atoms with E-state index in [0.29, 0.717) is 32.4 Å². The molecule has 2 aliphatic rings. The minimum atomic E-state index is -0.970. The van der Waals surface area contributed by atoms with Crippen LogP contribution in [0.4, 0.5) is 5.82 Å². The average Bonchev–Trinajstić information content (AvgIpc) is 2.97. The van der Waals surface area contributed by atoms with E-state index in [9.17, 15) is 15.0 Å². The second-order valence-corrected chi connectivity index (χ2v) is 7.20. The molecule has 1 saturated heterocycles. The predicted molar refractivity (Wildman–Crippen MR) is 89.5 cm³/mol. The number of aromatic nitrogens is 2. The Morgan fingerprint density at radius 3 is 2.67 bits per heavy atom. The van der Waals surface area contributed by atoms with Crippen molar-refractivity contribution in [2.75, 3.05) is 24.5 Å². The highest BCUT2D eigenvalue weighted by atomic mass is 16.3. The molecule has 0 bridgehead atoms. The van der Waals surface area contributed by atoms with Gasteiger partial charge in [-0.05, 0) is 19.3 Å². The molecule has 0 radical (unpaired) electrons. The standard InChI is InChI=1S/C17H26N4O3/c22-15(10-16(23)4-2-1-3-5-16)20-12-17(24)6-9-21(13-17)14-11-18-7-8-19-14/h7-8,11,23-24H,1-6,9-10,12-13H2,(H,20,22). The van der Waals surface area contributed by atoms with Gasteiger partial charge in [0.05, 0.1) is 18.2 Å². The summed E-state index contributed by atoms with van der Waals surface area (Å²) >= 11 is 0. The van der Waals surface area contributed by atoms with Crippen LogP contribution in [0.3, 0.4) is 0 Å². The Labute approximate surface area is 142 Å². The zero-order valence-corrected chi connectivity index (χ0v) is 13.9. The zero-order valence-electron chi connectivity index (χ0n) is 13.9. The van der Waals surface area contributed by atoms with Crippen LogP contribution < -0.4 is 10.2 Å². The minimum absolute atomic E-state index is 0.122. The van der Waals surface area contributed by atoms with Crippen LogP contribution in [0.15, 0.2) is 18.6 Å². The molecule has 3 N–H and O–H groups in total. The van der Waals surface area contributed by atoms with Gasteiger partial charge in [0.15, 0.2) is 0 Å². The number of hydrogen-bond acceptors (Lipinski definition) is 6. The predicted octanol–water partition coefficient (Wildman–Crippen LogP) is 0.619. The minimum Gasteiger partial charge on any atom is -0.389 e. The van der Waals surface area contributed by atoms with Crippen molar-refractivity contribution in [2.45, 2.75) is 56.1 Å². The number of nitrogens with one attached hydrogen (secondary N) is 1. The van der Waals surface area contributed by atoms with E-state index >= 15 is 0 Å². The first-order valence-corrected chi connectivity index (χ1v) is 8.71. The number of β-amino-alcohol motifs (C(OH)–C–C–N with tert-alkyl or cyclic N) is 1. The van der Waals surface area contributed by atoms with Crippen LogP contribution in [0, 0.1) is 0 Å². The molecule has 2 heterocycles. The van der Waals surface area contributed by atoms with Crippen molar-refractivity contribution < 1.29 is 15.0 Å². The van der Waals surface area contributed by atoms with Gasteiger partial charge in [-0.3, -0.25) is 9.78 Å².